The lowest BCUT2D eigenvalue weighted by Gasteiger charge is -2.35. The molecule has 0 bridgehead atoms. The van der Waals surface area contributed by atoms with E-state index in [1.165, 1.54) is 0 Å². The summed E-state index contributed by atoms with van der Waals surface area (Å²) in [7, 11) is 0. The fourth-order valence-corrected chi connectivity index (χ4v) is 1.71. The fraction of sp³-hybridized carbons (Fsp3) is 0.333. The summed E-state index contributed by atoms with van der Waals surface area (Å²) in [5, 5.41) is 9.00. The number of nitrogens with one attached hydrogen (secondary N) is 1. The number of hydrogen-bond acceptors (Lipinski definition) is 2. The maximum atomic E-state index is 11.0. The molecule has 0 atom stereocenters. The summed E-state index contributed by atoms with van der Waals surface area (Å²) in [6, 6.07) is 3.45. The van der Waals surface area contributed by atoms with Gasteiger partial charge in [-0.1, -0.05) is 0 Å². The van der Waals surface area contributed by atoms with Crippen molar-refractivity contribution in [3.8, 4) is 0 Å². The van der Waals surface area contributed by atoms with Crippen LogP contribution in [0.25, 0.3) is 0 Å². The third kappa shape index (κ3) is 0.983. The average molecular weight is 179 g/mol. The summed E-state index contributed by atoms with van der Waals surface area (Å²) in [6.45, 7) is 0. The molecule has 0 aromatic carbocycles. The number of ketones is 1. The van der Waals surface area contributed by atoms with Gasteiger partial charge in [0.25, 0.3) is 0 Å². The summed E-state index contributed by atoms with van der Waals surface area (Å²) in [4.78, 5) is 24.7. The zero-order valence-electron chi connectivity index (χ0n) is 6.91. The van der Waals surface area contributed by atoms with Crippen LogP contribution in [-0.2, 0) is 15.0 Å². The van der Waals surface area contributed by atoms with Gasteiger partial charge in [-0.2, -0.15) is 0 Å². The number of aromatic nitrogens is 1. The third-order valence-corrected chi connectivity index (χ3v) is 2.52. The molecule has 1 aromatic rings. The Morgan fingerprint density at radius 3 is 2.62 bits per heavy atom. The monoisotopic (exact) mass is 179 g/mol. The molecular weight excluding hydrogens is 170 g/mol. The molecule has 1 aromatic heterocycles. The van der Waals surface area contributed by atoms with Gasteiger partial charge in [-0.15, -0.1) is 0 Å². The van der Waals surface area contributed by atoms with Gasteiger partial charge in [-0.05, 0) is 12.1 Å². The number of carbonyl (C=O) groups excluding carboxylic acids is 1. The van der Waals surface area contributed by atoms with Crippen LogP contribution in [0.4, 0.5) is 0 Å². The van der Waals surface area contributed by atoms with Crippen LogP contribution in [0.5, 0.6) is 0 Å². The van der Waals surface area contributed by atoms with Crippen molar-refractivity contribution in [2.75, 3.05) is 0 Å². The zero-order chi connectivity index (χ0) is 9.47. The molecule has 1 fully saturated rings. The van der Waals surface area contributed by atoms with Gasteiger partial charge in [0.1, 0.15) is 11.2 Å². The lowest BCUT2D eigenvalue weighted by molar-refractivity contribution is -0.153. The number of aromatic amines is 1. The van der Waals surface area contributed by atoms with Crippen LogP contribution in [0, 0.1) is 0 Å². The summed E-state index contributed by atoms with van der Waals surface area (Å²) < 4.78 is 0. The molecule has 0 amide bonds. The van der Waals surface area contributed by atoms with Crippen LogP contribution >= 0.6 is 0 Å². The fourth-order valence-electron chi connectivity index (χ4n) is 1.71. The molecule has 2 N–H and O–H groups in total. The molecule has 0 radical (unpaired) electrons. The van der Waals surface area contributed by atoms with E-state index in [0.717, 1.165) is 0 Å². The Hall–Kier alpha value is -1.58. The Bertz CT molecular complexity index is 345. The summed E-state index contributed by atoms with van der Waals surface area (Å²) in [5.74, 6) is -0.911. The third-order valence-electron chi connectivity index (χ3n) is 2.52. The van der Waals surface area contributed by atoms with Crippen molar-refractivity contribution in [1.82, 2.24) is 4.98 Å². The lowest BCUT2D eigenvalue weighted by Crippen LogP contribution is -2.48. The predicted octanol–water partition coefficient (Wildman–Crippen LogP) is 0.700. The molecule has 1 saturated carbocycles. The Labute approximate surface area is 74.6 Å². The van der Waals surface area contributed by atoms with Crippen LogP contribution in [0.15, 0.2) is 18.3 Å². The minimum absolute atomic E-state index is 0.0111. The van der Waals surface area contributed by atoms with Crippen LogP contribution in [0.2, 0.25) is 0 Å². The molecule has 1 aliphatic rings. The van der Waals surface area contributed by atoms with E-state index in [9.17, 15) is 9.59 Å². The van der Waals surface area contributed by atoms with Gasteiger partial charge in [0.15, 0.2) is 0 Å². The first-order valence-electron chi connectivity index (χ1n) is 4.04. The van der Waals surface area contributed by atoms with Crippen LogP contribution in [-0.4, -0.2) is 21.8 Å². The quantitative estimate of drug-likeness (QED) is 0.702. The second-order valence-corrected chi connectivity index (χ2v) is 3.36. The van der Waals surface area contributed by atoms with Crippen LogP contribution < -0.4 is 0 Å². The van der Waals surface area contributed by atoms with Gasteiger partial charge in [0.2, 0.25) is 0 Å². The number of Topliss-reactive ketones (excluding diaryl/α,β-unsaturated/α-hetero) is 1. The highest BCUT2D eigenvalue weighted by atomic mass is 16.4. The molecule has 4 nitrogen and oxygen atoms in total. The number of H-pyrrole nitrogens is 1. The first kappa shape index (κ1) is 8.04. The lowest BCUT2D eigenvalue weighted by atomic mass is 9.66. The molecule has 0 unspecified atom stereocenters. The number of hydrogen-bond donors (Lipinski definition) is 2. The molecule has 1 heterocycles. The second-order valence-electron chi connectivity index (χ2n) is 3.36. The SMILES string of the molecule is O=C1CC(C(=O)O)(c2ccc[nH]2)C1. The Kier molecular flexibility index (Phi) is 1.52. The van der Waals surface area contributed by atoms with Crippen molar-refractivity contribution in [1.29, 1.82) is 0 Å². The maximum absolute atomic E-state index is 11.0. The number of carboxylic acids is 1. The van der Waals surface area contributed by atoms with Crippen molar-refractivity contribution in [2.45, 2.75) is 18.3 Å². The van der Waals surface area contributed by atoms with E-state index in [1.807, 2.05) is 0 Å². The van der Waals surface area contributed by atoms with Crippen molar-refractivity contribution in [3.05, 3.63) is 24.0 Å². The van der Waals surface area contributed by atoms with E-state index in [2.05, 4.69) is 4.98 Å². The van der Waals surface area contributed by atoms with Gasteiger partial charge in [-0.25, -0.2) is 0 Å². The molecular formula is C9H9NO3. The van der Waals surface area contributed by atoms with Gasteiger partial charge >= 0.3 is 5.97 Å². The number of aliphatic carboxylic acids is 1. The Morgan fingerprint density at radius 2 is 2.23 bits per heavy atom. The molecule has 68 valence electrons. The van der Waals surface area contributed by atoms with E-state index in [-0.39, 0.29) is 18.6 Å². The molecule has 4 heteroatoms. The first-order chi connectivity index (χ1) is 6.15. The summed E-state index contributed by atoms with van der Waals surface area (Å²) in [5.41, 5.74) is -0.347. The molecule has 13 heavy (non-hydrogen) atoms. The highest BCUT2D eigenvalue weighted by molar-refractivity contribution is 6.01. The van der Waals surface area contributed by atoms with Crippen LogP contribution in [0.3, 0.4) is 0 Å². The van der Waals surface area contributed by atoms with E-state index in [1.54, 1.807) is 18.3 Å². The van der Waals surface area contributed by atoms with Gasteiger partial charge < -0.3 is 10.1 Å². The number of carbonyl (C=O) groups is 2. The van der Waals surface area contributed by atoms with Crippen molar-refractivity contribution in [2.24, 2.45) is 0 Å². The highest BCUT2D eigenvalue weighted by Crippen LogP contribution is 2.40. The molecule has 2 rings (SSSR count). The van der Waals surface area contributed by atoms with Crippen molar-refractivity contribution in [3.63, 3.8) is 0 Å². The minimum Gasteiger partial charge on any atom is -0.481 e. The van der Waals surface area contributed by atoms with Crippen molar-refractivity contribution < 1.29 is 14.7 Å². The minimum atomic E-state index is -0.972. The standard InChI is InChI=1S/C9H9NO3/c11-6-4-9(5-6,8(12)13)7-2-1-3-10-7/h1-3,10H,4-5H2,(H,12,13). The number of rotatable bonds is 2. The normalized spacial score (nSPS) is 19.5. The van der Waals surface area contributed by atoms with E-state index < -0.39 is 11.4 Å². The zero-order valence-corrected chi connectivity index (χ0v) is 6.91. The van der Waals surface area contributed by atoms with Crippen LogP contribution in [0.1, 0.15) is 18.5 Å². The van der Waals surface area contributed by atoms with E-state index in [4.69, 9.17) is 5.11 Å². The Morgan fingerprint density at radius 1 is 1.54 bits per heavy atom. The van der Waals surface area contributed by atoms with E-state index >= 15 is 0 Å². The molecule has 1 aliphatic carbocycles. The average Bonchev–Trinajstić information content (AvgIpc) is 2.49. The molecule has 0 saturated heterocycles. The Balaban J connectivity index is 2.37. The van der Waals surface area contributed by atoms with Gasteiger partial charge in [0.05, 0.1) is 0 Å². The van der Waals surface area contributed by atoms with Gasteiger partial charge in [0, 0.05) is 24.7 Å². The van der Waals surface area contributed by atoms with E-state index in [0.29, 0.717) is 5.69 Å². The molecule has 0 aliphatic heterocycles. The predicted molar refractivity (Wildman–Crippen MR) is 44.3 cm³/mol. The smallest absolute Gasteiger partial charge is 0.316 e. The topological polar surface area (TPSA) is 70.2 Å². The largest absolute Gasteiger partial charge is 0.481 e. The van der Waals surface area contributed by atoms with Gasteiger partial charge in [-0.3, -0.25) is 9.59 Å². The maximum Gasteiger partial charge on any atom is 0.316 e. The summed E-state index contributed by atoms with van der Waals surface area (Å²) >= 11 is 0. The summed E-state index contributed by atoms with van der Waals surface area (Å²) in [6.07, 6.45) is 1.90. The second kappa shape index (κ2) is 2.45. The van der Waals surface area contributed by atoms with Crippen molar-refractivity contribution >= 4 is 11.8 Å². The number of carboxylic acid groups (broad SMARTS) is 1. The molecule has 0 spiro atoms. The highest BCUT2D eigenvalue weighted by Gasteiger charge is 2.52. The first-order valence-corrected chi connectivity index (χ1v) is 4.04.